The van der Waals surface area contributed by atoms with E-state index in [0.29, 0.717) is 0 Å². The van der Waals surface area contributed by atoms with E-state index < -0.39 is 23.1 Å². The maximum absolute atomic E-state index is 13.9. The van der Waals surface area contributed by atoms with Crippen molar-refractivity contribution in [2.24, 2.45) is 0 Å². The summed E-state index contributed by atoms with van der Waals surface area (Å²) in [5.74, 6) is -0.688. The fourth-order valence-corrected chi connectivity index (χ4v) is 2.12. The molecule has 6 nitrogen and oxygen atoms in total. The summed E-state index contributed by atoms with van der Waals surface area (Å²) in [6.45, 7) is 5.60. The molecule has 0 unspecified atom stereocenters. The van der Waals surface area contributed by atoms with Crippen LogP contribution in [0.15, 0.2) is 6.07 Å². The van der Waals surface area contributed by atoms with Gasteiger partial charge in [0.05, 0.1) is 11.1 Å². The lowest BCUT2D eigenvalue weighted by molar-refractivity contribution is 0.0524. The minimum atomic E-state index is -0.658. The molecule has 0 spiro atoms. The van der Waals surface area contributed by atoms with Crippen molar-refractivity contribution in [3.8, 4) is 6.07 Å². The number of carbonyl (C=O) groups is 1. The Morgan fingerprint density at radius 3 is 2.74 bits per heavy atom. The predicted octanol–water partition coefficient (Wildman–Crippen LogP) is 3.21. The summed E-state index contributed by atoms with van der Waals surface area (Å²) in [6.07, 6.45) is 0.972. The lowest BCUT2D eigenvalue weighted by Gasteiger charge is -2.23. The molecule has 1 aromatic rings. The van der Waals surface area contributed by atoms with Gasteiger partial charge in [0.15, 0.2) is 11.6 Å². The summed E-state index contributed by atoms with van der Waals surface area (Å²) in [4.78, 5) is 15.6. The lowest BCUT2D eigenvalue weighted by atomic mass is 10.2. The maximum Gasteiger partial charge on any atom is 0.407 e. The fourth-order valence-electron chi connectivity index (χ4n) is 1.94. The monoisotopic (exact) mass is 340 g/mol. The zero-order chi connectivity index (χ0) is 17.3. The van der Waals surface area contributed by atoms with Crippen LogP contribution in [-0.4, -0.2) is 28.8 Å². The summed E-state index contributed by atoms with van der Waals surface area (Å²) < 4.78 is 19.1. The van der Waals surface area contributed by atoms with Crippen LogP contribution in [0.4, 0.5) is 15.0 Å². The quantitative estimate of drug-likeness (QED) is 0.822. The molecule has 1 aromatic heterocycles. The Hall–Kier alpha value is -2.07. The lowest BCUT2D eigenvalue weighted by Crippen LogP contribution is -2.41. The highest BCUT2D eigenvalue weighted by Gasteiger charge is 2.44. The Kier molecular flexibility index (Phi) is 4.66. The van der Waals surface area contributed by atoms with E-state index in [1.54, 1.807) is 26.8 Å². The Morgan fingerprint density at radius 1 is 1.57 bits per heavy atom. The molecule has 0 bridgehead atoms. The molecular formula is C15H18ClFN4O2. The van der Waals surface area contributed by atoms with Gasteiger partial charge < -0.3 is 15.4 Å². The molecule has 1 saturated carbocycles. The van der Waals surface area contributed by atoms with Crippen LogP contribution < -0.4 is 10.6 Å². The summed E-state index contributed by atoms with van der Waals surface area (Å²) >= 11 is 5.82. The molecule has 124 valence electrons. The number of pyridine rings is 1. The molecule has 1 heterocycles. The molecule has 8 heteroatoms. The fraction of sp³-hybridized carbons (Fsp3) is 0.533. The van der Waals surface area contributed by atoms with Crippen molar-refractivity contribution < 1.29 is 13.9 Å². The number of nitrogens with zero attached hydrogens (tertiary/aromatic N) is 2. The highest BCUT2D eigenvalue weighted by molar-refractivity contribution is 6.30. The second-order valence-electron chi connectivity index (χ2n) is 6.53. The summed E-state index contributed by atoms with van der Waals surface area (Å²) in [5, 5.41) is 14.3. The minimum absolute atomic E-state index is 0.0218. The summed E-state index contributed by atoms with van der Waals surface area (Å²) in [7, 11) is 0. The average molecular weight is 341 g/mol. The van der Waals surface area contributed by atoms with Crippen LogP contribution in [-0.2, 0) is 4.74 Å². The first-order chi connectivity index (χ1) is 10.6. The van der Waals surface area contributed by atoms with Gasteiger partial charge in [0, 0.05) is 6.54 Å². The van der Waals surface area contributed by atoms with Crippen LogP contribution in [0.3, 0.4) is 0 Å². The summed E-state index contributed by atoms with van der Waals surface area (Å²) in [5.41, 5.74) is -1.07. The van der Waals surface area contributed by atoms with Gasteiger partial charge in [-0.25, -0.2) is 14.2 Å². The first-order valence-electron chi connectivity index (χ1n) is 7.15. The molecule has 2 rings (SSSR count). The molecule has 0 aliphatic heterocycles. The predicted molar refractivity (Wildman–Crippen MR) is 83.7 cm³/mol. The number of alkyl carbamates (subject to hydrolysis) is 1. The number of ether oxygens (including phenoxy) is 1. The van der Waals surface area contributed by atoms with E-state index in [2.05, 4.69) is 15.6 Å². The maximum atomic E-state index is 13.9. The molecule has 1 aliphatic carbocycles. The highest BCUT2D eigenvalue weighted by Crippen LogP contribution is 2.39. The van der Waals surface area contributed by atoms with Gasteiger partial charge in [-0.15, -0.1) is 0 Å². The normalized spacial score (nSPS) is 15.5. The third-order valence-corrected chi connectivity index (χ3v) is 3.55. The Morgan fingerprint density at radius 2 is 2.22 bits per heavy atom. The van der Waals surface area contributed by atoms with Gasteiger partial charge in [0.1, 0.15) is 16.8 Å². The topological polar surface area (TPSA) is 87.0 Å². The molecule has 1 fully saturated rings. The number of amides is 1. The van der Waals surface area contributed by atoms with Crippen molar-refractivity contribution in [1.29, 1.82) is 5.26 Å². The van der Waals surface area contributed by atoms with Crippen molar-refractivity contribution in [1.82, 2.24) is 10.3 Å². The molecule has 0 aromatic carbocycles. The molecular weight excluding hydrogens is 323 g/mol. The van der Waals surface area contributed by atoms with Gasteiger partial charge in [-0.1, -0.05) is 11.6 Å². The van der Waals surface area contributed by atoms with Crippen LogP contribution in [0.2, 0.25) is 5.15 Å². The van der Waals surface area contributed by atoms with Crippen LogP contribution >= 0.6 is 11.6 Å². The number of anilines is 1. The number of carbonyl (C=O) groups excluding carboxylic acids is 1. The van der Waals surface area contributed by atoms with Gasteiger partial charge >= 0.3 is 6.09 Å². The van der Waals surface area contributed by atoms with Crippen molar-refractivity contribution in [3.63, 3.8) is 0 Å². The third-order valence-electron chi connectivity index (χ3n) is 3.26. The molecule has 0 atom stereocenters. The third kappa shape index (κ3) is 4.70. The Labute approximate surface area is 139 Å². The van der Waals surface area contributed by atoms with Crippen LogP contribution in [0, 0.1) is 17.1 Å². The van der Waals surface area contributed by atoms with Gasteiger partial charge in [-0.2, -0.15) is 5.26 Å². The van der Waals surface area contributed by atoms with Gasteiger partial charge in [0.2, 0.25) is 0 Å². The van der Waals surface area contributed by atoms with Gasteiger partial charge in [-0.05, 0) is 39.7 Å². The molecule has 1 amide bonds. The zero-order valence-electron chi connectivity index (χ0n) is 13.2. The van der Waals surface area contributed by atoms with Crippen molar-refractivity contribution in [3.05, 3.63) is 22.6 Å². The molecule has 1 aliphatic rings. The van der Waals surface area contributed by atoms with E-state index in [9.17, 15) is 9.18 Å². The Bertz CT molecular complexity index is 663. The van der Waals surface area contributed by atoms with Crippen molar-refractivity contribution in [2.45, 2.75) is 44.8 Å². The number of rotatable bonds is 4. The van der Waals surface area contributed by atoms with Crippen LogP contribution in [0.5, 0.6) is 0 Å². The first-order valence-corrected chi connectivity index (χ1v) is 7.53. The largest absolute Gasteiger partial charge is 0.444 e. The highest BCUT2D eigenvalue weighted by atomic mass is 35.5. The van der Waals surface area contributed by atoms with Crippen molar-refractivity contribution >= 4 is 23.5 Å². The Balaban J connectivity index is 1.99. The molecule has 0 saturated heterocycles. The smallest absolute Gasteiger partial charge is 0.407 e. The molecule has 0 radical (unpaired) electrons. The number of halogens is 2. The van der Waals surface area contributed by atoms with Crippen LogP contribution in [0.25, 0.3) is 0 Å². The number of nitrogens with one attached hydrogen (secondary N) is 2. The molecule has 2 N–H and O–H groups in total. The van der Waals surface area contributed by atoms with Gasteiger partial charge in [-0.3, -0.25) is 0 Å². The summed E-state index contributed by atoms with van der Waals surface area (Å²) in [6, 6.07) is 2.80. The number of aromatic nitrogens is 1. The van der Waals surface area contributed by atoms with E-state index in [4.69, 9.17) is 21.6 Å². The van der Waals surface area contributed by atoms with E-state index >= 15 is 0 Å². The standard InChI is InChI=1S/C15H18ClFN4O2/c1-14(2,3)23-13(22)19-8-15(4-5-15)21-12-10(17)6-9(7-18)11(16)20-12/h6H,4-5,8H2,1-3H3,(H,19,22)(H,20,21). The number of hydrogen-bond donors (Lipinski definition) is 2. The number of nitriles is 1. The minimum Gasteiger partial charge on any atom is -0.444 e. The second kappa shape index (κ2) is 6.20. The SMILES string of the molecule is CC(C)(C)OC(=O)NCC1(Nc2nc(Cl)c(C#N)cc2F)CC1. The molecule has 23 heavy (non-hydrogen) atoms. The van der Waals surface area contributed by atoms with Gasteiger partial charge in [0.25, 0.3) is 0 Å². The second-order valence-corrected chi connectivity index (χ2v) is 6.89. The number of hydrogen-bond acceptors (Lipinski definition) is 5. The first kappa shape index (κ1) is 17.3. The zero-order valence-corrected chi connectivity index (χ0v) is 13.9. The van der Waals surface area contributed by atoms with E-state index in [1.165, 1.54) is 0 Å². The van der Waals surface area contributed by atoms with E-state index in [0.717, 1.165) is 18.9 Å². The van der Waals surface area contributed by atoms with Crippen LogP contribution in [0.1, 0.15) is 39.2 Å². The van der Waals surface area contributed by atoms with Crippen molar-refractivity contribution in [2.75, 3.05) is 11.9 Å². The van der Waals surface area contributed by atoms with E-state index in [1.807, 2.05) is 0 Å². The van der Waals surface area contributed by atoms with E-state index in [-0.39, 0.29) is 23.1 Å². The average Bonchev–Trinajstić information content (AvgIpc) is 3.19.